The van der Waals surface area contributed by atoms with E-state index in [1.807, 2.05) is 12.1 Å². The van der Waals surface area contributed by atoms with E-state index in [1.165, 1.54) is 0 Å². The number of aromatic nitrogens is 2. The number of carbonyl (C=O) groups excluding carboxylic acids is 2. The lowest BCUT2D eigenvalue weighted by atomic mass is 10.1. The van der Waals surface area contributed by atoms with Crippen LogP contribution in [0.1, 0.15) is 17.3 Å². The zero-order chi connectivity index (χ0) is 15.5. The third kappa shape index (κ3) is 2.61. The number of nitrogens with one attached hydrogen (secondary N) is 1. The van der Waals surface area contributed by atoms with Crippen LogP contribution in [0.2, 0.25) is 0 Å². The fourth-order valence-corrected chi connectivity index (χ4v) is 2.62. The standard InChI is InChI=1S/C15H18N4O3/c1-2-22-15(21)19-8-6-18(7-9-19)14(20)12-5-3-4-11-10-16-17-13(11)12/h3-5,10H,2,6-9H2,1H3,(H,16,17). The van der Waals surface area contributed by atoms with Crippen molar-refractivity contribution in [2.24, 2.45) is 0 Å². The van der Waals surface area contributed by atoms with Crippen LogP contribution < -0.4 is 0 Å². The van der Waals surface area contributed by atoms with E-state index >= 15 is 0 Å². The van der Waals surface area contributed by atoms with Gasteiger partial charge in [-0.2, -0.15) is 5.10 Å². The van der Waals surface area contributed by atoms with E-state index < -0.39 is 0 Å². The summed E-state index contributed by atoms with van der Waals surface area (Å²) in [7, 11) is 0. The third-order valence-corrected chi connectivity index (χ3v) is 3.80. The Balaban J connectivity index is 1.70. The summed E-state index contributed by atoms with van der Waals surface area (Å²) >= 11 is 0. The Morgan fingerprint density at radius 1 is 1.23 bits per heavy atom. The van der Waals surface area contributed by atoms with Crippen molar-refractivity contribution in [3.8, 4) is 0 Å². The highest BCUT2D eigenvalue weighted by Crippen LogP contribution is 2.18. The first kappa shape index (κ1) is 14.4. The monoisotopic (exact) mass is 302 g/mol. The molecule has 3 rings (SSSR count). The summed E-state index contributed by atoms with van der Waals surface area (Å²) in [6.07, 6.45) is 1.38. The van der Waals surface area contributed by atoms with Gasteiger partial charge in [-0.25, -0.2) is 4.79 Å². The van der Waals surface area contributed by atoms with Gasteiger partial charge in [-0.1, -0.05) is 12.1 Å². The van der Waals surface area contributed by atoms with E-state index in [4.69, 9.17) is 4.74 Å². The Hall–Kier alpha value is -2.57. The molecule has 1 N–H and O–H groups in total. The molecule has 1 aromatic heterocycles. The fraction of sp³-hybridized carbons (Fsp3) is 0.400. The summed E-state index contributed by atoms with van der Waals surface area (Å²) in [6.45, 7) is 4.12. The van der Waals surface area contributed by atoms with Crippen LogP contribution >= 0.6 is 0 Å². The molecule has 0 spiro atoms. The van der Waals surface area contributed by atoms with Gasteiger partial charge in [-0.05, 0) is 13.0 Å². The average molecular weight is 302 g/mol. The number of hydrogen-bond acceptors (Lipinski definition) is 4. The van der Waals surface area contributed by atoms with Crippen LogP contribution in [0.3, 0.4) is 0 Å². The highest BCUT2D eigenvalue weighted by Gasteiger charge is 2.26. The number of nitrogens with zero attached hydrogens (tertiary/aromatic N) is 3. The smallest absolute Gasteiger partial charge is 0.409 e. The van der Waals surface area contributed by atoms with Gasteiger partial charge in [-0.15, -0.1) is 0 Å². The summed E-state index contributed by atoms with van der Waals surface area (Å²) in [5.41, 5.74) is 1.36. The first-order valence-electron chi connectivity index (χ1n) is 7.33. The first-order valence-corrected chi connectivity index (χ1v) is 7.33. The molecule has 0 saturated carbocycles. The van der Waals surface area contributed by atoms with Crippen molar-refractivity contribution in [3.63, 3.8) is 0 Å². The molecule has 1 saturated heterocycles. The molecular formula is C15H18N4O3. The minimum Gasteiger partial charge on any atom is -0.450 e. The minimum atomic E-state index is -0.315. The molecule has 7 heteroatoms. The van der Waals surface area contributed by atoms with Gasteiger partial charge in [0.25, 0.3) is 5.91 Å². The fourth-order valence-electron chi connectivity index (χ4n) is 2.62. The van der Waals surface area contributed by atoms with Crippen LogP contribution in [-0.2, 0) is 4.74 Å². The number of aromatic amines is 1. The number of H-pyrrole nitrogens is 1. The van der Waals surface area contributed by atoms with E-state index in [1.54, 1.807) is 29.0 Å². The molecule has 1 aromatic carbocycles. The summed E-state index contributed by atoms with van der Waals surface area (Å²) < 4.78 is 4.98. The van der Waals surface area contributed by atoms with Crippen LogP contribution in [0.25, 0.3) is 10.9 Å². The maximum atomic E-state index is 12.7. The maximum Gasteiger partial charge on any atom is 0.409 e. The van der Waals surface area contributed by atoms with Gasteiger partial charge in [0.2, 0.25) is 0 Å². The molecule has 0 atom stereocenters. The predicted molar refractivity (Wildman–Crippen MR) is 80.6 cm³/mol. The number of fused-ring (bicyclic) bond motifs is 1. The molecule has 2 heterocycles. The molecule has 116 valence electrons. The molecule has 0 bridgehead atoms. The number of benzene rings is 1. The van der Waals surface area contributed by atoms with Crippen molar-refractivity contribution in [2.75, 3.05) is 32.8 Å². The molecule has 22 heavy (non-hydrogen) atoms. The van der Waals surface area contributed by atoms with Gasteiger partial charge in [0.1, 0.15) is 0 Å². The molecule has 1 aliphatic heterocycles. The largest absolute Gasteiger partial charge is 0.450 e. The molecule has 0 aliphatic carbocycles. The number of amides is 2. The van der Waals surface area contributed by atoms with Gasteiger partial charge in [0.05, 0.1) is 23.9 Å². The number of ether oxygens (including phenoxy) is 1. The van der Waals surface area contributed by atoms with Crippen molar-refractivity contribution in [2.45, 2.75) is 6.92 Å². The third-order valence-electron chi connectivity index (χ3n) is 3.80. The summed E-state index contributed by atoms with van der Waals surface area (Å²) in [5.74, 6) is -0.0432. The number of hydrogen-bond donors (Lipinski definition) is 1. The second-order valence-corrected chi connectivity index (χ2v) is 5.12. The quantitative estimate of drug-likeness (QED) is 0.911. The van der Waals surface area contributed by atoms with Gasteiger partial charge < -0.3 is 14.5 Å². The van der Waals surface area contributed by atoms with E-state index in [0.717, 1.165) is 10.9 Å². The van der Waals surface area contributed by atoms with E-state index in [-0.39, 0.29) is 12.0 Å². The lowest BCUT2D eigenvalue weighted by molar-refractivity contribution is 0.0572. The zero-order valence-corrected chi connectivity index (χ0v) is 12.4. The maximum absolute atomic E-state index is 12.7. The van der Waals surface area contributed by atoms with Crippen molar-refractivity contribution in [3.05, 3.63) is 30.0 Å². The Morgan fingerprint density at radius 2 is 1.95 bits per heavy atom. The highest BCUT2D eigenvalue weighted by atomic mass is 16.6. The number of para-hydroxylation sites is 1. The van der Waals surface area contributed by atoms with Crippen LogP contribution in [0.4, 0.5) is 4.79 Å². The Kier molecular flexibility index (Phi) is 3.95. The van der Waals surface area contributed by atoms with E-state index in [9.17, 15) is 9.59 Å². The van der Waals surface area contributed by atoms with Crippen molar-refractivity contribution in [1.82, 2.24) is 20.0 Å². The predicted octanol–water partition coefficient (Wildman–Crippen LogP) is 1.48. The minimum absolute atomic E-state index is 0.0432. The van der Waals surface area contributed by atoms with Gasteiger partial charge in [0.15, 0.2) is 0 Å². The first-order chi connectivity index (χ1) is 10.7. The Bertz CT molecular complexity index is 689. The average Bonchev–Trinajstić information content (AvgIpc) is 3.03. The molecular weight excluding hydrogens is 284 g/mol. The van der Waals surface area contributed by atoms with Crippen LogP contribution in [0, 0.1) is 0 Å². The molecule has 0 radical (unpaired) electrons. The lowest BCUT2D eigenvalue weighted by Crippen LogP contribution is -2.50. The van der Waals surface area contributed by atoms with Crippen molar-refractivity contribution < 1.29 is 14.3 Å². The van der Waals surface area contributed by atoms with Crippen LogP contribution in [-0.4, -0.2) is 64.8 Å². The normalized spacial score (nSPS) is 15.1. The van der Waals surface area contributed by atoms with Gasteiger partial charge in [0, 0.05) is 31.6 Å². The SMILES string of the molecule is CCOC(=O)N1CCN(C(=O)c2cccc3cn[nH]c23)CC1. The second kappa shape index (κ2) is 6.05. The lowest BCUT2D eigenvalue weighted by Gasteiger charge is -2.34. The molecule has 0 unspecified atom stereocenters. The Morgan fingerprint density at radius 3 is 2.68 bits per heavy atom. The molecule has 7 nitrogen and oxygen atoms in total. The number of rotatable bonds is 2. The second-order valence-electron chi connectivity index (χ2n) is 5.12. The molecule has 2 amide bonds. The number of piperazine rings is 1. The van der Waals surface area contributed by atoms with Gasteiger partial charge in [-0.3, -0.25) is 9.89 Å². The molecule has 2 aromatic rings. The number of carbonyl (C=O) groups is 2. The molecule has 1 fully saturated rings. The van der Waals surface area contributed by atoms with E-state index in [2.05, 4.69) is 10.2 Å². The topological polar surface area (TPSA) is 78.5 Å². The van der Waals surface area contributed by atoms with E-state index in [0.29, 0.717) is 38.3 Å². The Labute approximate surface area is 127 Å². The summed E-state index contributed by atoms with van der Waals surface area (Å²) in [5, 5.41) is 7.76. The zero-order valence-electron chi connectivity index (χ0n) is 12.4. The van der Waals surface area contributed by atoms with Crippen LogP contribution in [0.5, 0.6) is 0 Å². The van der Waals surface area contributed by atoms with Crippen molar-refractivity contribution >= 4 is 22.9 Å². The van der Waals surface area contributed by atoms with Crippen LogP contribution in [0.15, 0.2) is 24.4 Å². The summed E-state index contributed by atoms with van der Waals surface area (Å²) in [4.78, 5) is 27.7. The van der Waals surface area contributed by atoms with Crippen molar-refractivity contribution in [1.29, 1.82) is 0 Å². The van der Waals surface area contributed by atoms with Gasteiger partial charge >= 0.3 is 6.09 Å². The highest BCUT2D eigenvalue weighted by molar-refractivity contribution is 6.05. The molecule has 1 aliphatic rings. The summed E-state index contributed by atoms with van der Waals surface area (Å²) in [6, 6.07) is 5.55.